The Morgan fingerprint density at radius 3 is 3.15 bits per heavy atom. The summed E-state index contributed by atoms with van der Waals surface area (Å²) in [6, 6.07) is 2.19. The number of thiophene rings is 1. The minimum atomic E-state index is -0.207. The Hall–Kier alpha value is -1.88. The summed E-state index contributed by atoms with van der Waals surface area (Å²) in [7, 11) is 1.43. The standard InChI is InChI=1S/C15H16N2O2S/c1-19-15(18)11-2-3-14-12(8-11)9-13(20-14)4-6-17-7-5-16-10-17/h5,7-10H,2-4,6H2,1H3. The van der Waals surface area contributed by atoms with Crippen molar-refractivity contribution in [3.63, 3.8) is 0 Å². The number of hydrogen-bond donors (Lipinski definition) is 0. The molecular weight excluding hydrogens is 272 g/mol. The van der Waals surface area contributed by atoms with E-state index in [9.17, 15) is 4.79 Å². The normalized spacial score (nSPS) is 13.8. The van der Waals surface area contributed by atoms with Crippen LogP contribution < -0.4 is 0 Å². The highest BCUT2D eigenvalue weighted by molar-refractivity contribution is 7.12. The predicted molar refractivity (Wildman–Crippen MR) is 78.6 cm³/mol. The van der Waals surface area contributed by atoms with Crippen LogP contribution in [0.5, 0.6) is 0 Å². The van der Waals surface area contributed by atoms with Crippen molar-refractivity contribution in [3.05, 3.63) is 45.7 Å². The molecule has 0 saturated heterocycles. The van der Waals surface area contributed by atoms with Crippen LogP contribution in [0.15, 0.2) is 30.4 Å². The second-order valence-electron chi connectivity index (χ2n) is 4.80. The quantitative estimate of drug-likeness (QED) is 0.813. The van der Waals surface area contributed by atoms with Gasteiger partial charge in [-0.25, -0.2) is 9.78 Å². The maximum atomic E-state index is 11.6. The zero-order chi connectivity index (χ0) is 13.9. The molecule has 0 bridgehead atoms. The number of carbonyl (C=O) groups is 1. The van der Waals surface area contributed by atoms with Gasteiger partial charge in [0.1, 0.15) is 0 Å². The average Bonchev–Trinajstić information content (AvgIpc) is 3.12. The Morgan fingerprint density at radius 2 is 2.40 bits per heavy atom. The van der Waals surface area contributed by atoms with Crippen molar-refractivity contribution in [2.24, 2.45) is 0 Å². The molecule has 0 unspecified atom stereocenters. The fraction of sp³-hybridized carbons (Fsp3) is 0.333. The van der Waals surface area contributed by atoms with Crippen LogP contribution in [0.3, 0.4) is 0 Å². The van der Waals surface area contributed by atoms with E-state index in [1.54, 1.807) is 6.20 Å². The SMILES string of the molecule is COC(=O)C1=Cc2cc(CCn3ccnc3)sc2CC1. The number of fused-ring (bicyclic) bond motifs is 1. The van der Waals surface area contributed by atoms with Gasteiger partial charge in [0.2, 0.25) is 0 Å². The van der Waals surface area contributed by atoms with Gasteiger partial charge in [-0.2, -0.15) is 0 Å². The van der Waals surface area contributed by atoms with Crippen molar-refractivity contribution < 1.29 is 9.53 Å². The van der Waals surface area contributed by atoms with Crippen LogP contribution in [0.25, 0.3) is 6.08 Å². The van der Waals surface area contributed by atoms with Crippen molar-refractivity contribution >= 4 is 23.4 Å². The third-order valence-electron chi connectivity index (χ3n) is 3.47. The summed E-state index contributed by atoms with van der Waals surface area (Å²) in [6.45, 7) is 0.937. The lowest BCUT2D eigenvalue weighted by molar-refractivity contribution is -0.136. The Morgan fingerprint density at radius 1 is 1.50 bits per heavy atom. The van der Waals surface area contributed by atoms with Gasteiger partial charge in [0.05, 0.1) is 13.4 Å². The number of imidazole rings is 1. The molecule has 0 spiro atoms. The fourth-order valence-corrected chi connectivity index (χ4v) is 3.54. The number of aromatic nitrogens is 2. The highest BCUT2D eigenvalue weighted by Gasteiger charge is 2.18. The molecule has 20 heavy (non-hydrogen) atoms. The van der Waals surface area contributed by atoms with Crippen LogP contribution in [0.4, 0.5) is 0 Å². The van der Waals surface area contributed by atoms with Gasteiger partial charge in [-0.15, -0.1) is 11.3 Å². The molecule has 1 aliphatic rings. The second-order valence-corrected chi connectivity index (χ2v) is 6.02. The van der Waals surface area contributed by atoms with Crippen molar-refractivity contribution in [1.29, 1.82) is 0 Å². The van der Waals surface area contributed by atoms with Crippen molar-refractivity contribution in [1.82, 2.24) is 9.55 Å². The molecule has 0 radical (unpaired) electrons. The topological polar surface area (TPSA) is 44.1 Å². The van der Waals surface area contributed by atoms with Crippen molar-refractivity contribution in [2.45, 2.75) is 25.8 Å². The molecule has 0 aromatic carbocycles. The molecule has 0 saturated carbocycles. The minimum absolute atomic E-state index is 0.207. The van der Waals surface area contributed by atoms with Gasteiger partial charge in [0.25, 0.3) is 0 Å². The number of esters is 1. The summed E-state index contributed by atoms with van der Waals surface area (Å²) in [5.41, 5.74) is 1.96. The molecule has 0 atom stereocenters. The van der Waals surface area contributed by atoms with E-state index in [0.29, 0.717) is 0 Å². The molecule has 0 amide bonds. The number of nitrogens with zero attached hydrogens (tertiary/aromatic N) is 2. The molecule has 0 N–H and O–H groups in total. The largest absolute Gasteiger partial charge is 0.466 e. The van der Waals surface area contributed by atoms with Crippen LogP contribution in [-0.4, -0.2) is 22.6 Å². The lowest BCUT2D eigenvalue weighted by atomic mass is 9.99. The first-order valence-corrected chi connectivity index (χ1v) is 7.44. The minimum Gasteiger partial charge on any atom is -0.466 e. The maximum absolute atomic E-state index is 11.6. The van der Waals surface area contributed by atoms with E-state index < -0.39 is 0 Å². The number of aryl methyl sites for hydroxylation is 3. The van der Waals surface area contributed by atoms with Gasteiger partial charge in [-0.1, -0.05) is 0 Å². The Bertz CT molecular complexity index is 641. The predicted octanol–water partition coefficient (Wildman–Crippen LogP) is 2.69. The number of carbonyl (C=O) groups excluding carboxylic acids is 1. The van der Waals surface area contributed by atoms with Gasteiger partial charge in [-0.3, -0.25) is 0 Å². The van der Waals surface area contributed by atoms with Gasteiger partial charge in [-0.05, 0) is 37.0 Å². The molecule has 0 fully saturated rings. The lowest BCUT2D eigenvalue weighted by Gasteiger charge is -2.10. The van der Waals surface area contributed by atoms with Crippen molar-refractivity contribution in [2.75, 3.05) is 7.11 Å². The zero-order valence-electron chi connectivity index (χ0n) is 11.3. The summed E-state index contributed by atoms with van der Waals surface area (Å²) in [5.74, 6) is -0.207. The fourth-order valence-electron chi connectivity index (χ4n) is 2.40. The van der Waals surface area contributed by atoms with Crippen molar-refractivity contribution in [3.8, 4) is 0 Å². The molecule has 5 heteroatoms. The summed E-state index contributed by atoms with van der Waals surface area (Å²) in [6.07, 6.45) is 10.3. The van der Waals surface area contributed by atoms with E-state index in [2.05, 4.69) is 15.6 Å². The number of hydrogen-bond acceptors (Lipinski definition) is 4. The van der Waals surface area contributed by atoms with Gasteiger partial charge >= 0.3 is 5.97 Å². The molecule has 2 aromatic heterocycles. The van der Waals surface area contributed by atoms with E-state index in [1.807, 2.05) is 29.9 Å². The van der Waals surface area contributed by atoms with E-state index in [4.69, 9.17) is 4.74 Å². The molecule has 0 aliphatic heterocycles. The third-order valence-corrected chi connectivity index (χ3v) is 4.74. The first kappa shape index (κ1) is 13.1. The van der Waals surface area contributed by atoms with Crippen LogP contribution in [0.2, 0.25) is 0 Å². The number of ether oxygens (including phenoxy) is 1. The molecular formula is C15H16N2O2S. The average molecular weight is 288 g/mol. The summed E-state index contributed by atoms with van der Waals surface area (Å²) in [5, 5.41) is 0. The first-order chi connectivity index (χ1) is 9.76. The van der Waals surface area contributed by atoms with Crippen LogP contribution in [-0.2, 0) is 28.9 Å². The highest BCUT2D eigenvalue weighted by Crippen LogP contribution is 2.32. The van der Waals surface area contributed by atoms with Crippen LogP contribution in [0.1, 0.15) is 21.7 Å². The second kappa shape index (κ2) is 5.63. The molecule has 2 heterocycles. The lowest BCUT2D eigenvalue weighted by Crippen LogP contribution is -2.08. The maximum Gasteiger partial charge on any atom is 0.333 e. The molecule has 3 rings (SSSR count). The van der Waals surface area contributed by atoms with E-state index in [1.165, 1.54) is 22.4 Å². The van der Waals surface area contributed by atoms with Crippen LogP contribution >= 0.6 is 11.3 Å². The number of methoxy groups -OCH3 is 1. The molecule has 1 aliphatic carbocycles. The summed E-state index contributed by atoms with van der Waals surface area (Å²) in [4.78, 5) is 18.3. The number of rotatable bonds is 4. The monoisotopic (exact) mass is 288 g/mol. The molecule has 2 aromatic rings. The van der Waals surface area contributed by atoms with Gasteiger partial charge in [0, 0.05) is 34.3 Å². The third kappa shape index (κ3) is 2.67. The Balaban J connectivity index is 1.73. The Labute approximate surface area is 121 Å². The summed E-state index contributed by atoms with van der Waals surface area (Å²) >= 11 is 1.85. The summed E-state index contributed by atoms with van der Waals surface area (Å²) < 4.78 is 6.87. The van der Waals surface area contributed by atoms with Gasteiger partial charge < -0.3 is 9.30 Å². The first-order valence-electron chi connectivity index (χ1n) is 6.62. The zero-order valence-corrected chi connectivity index (χ0v) is 12.2. The van der Waals surface area contributed by atoms with E-state index in [0.717, 1.165) is 31.4 Å². The molecule has 4 nitrogen and oxygen atoms in total. The highest BCUT2D eigenvalue weighted by atomic mass is 32.1. The van der Waals surface area contributed by atoms with E-state index >= 15 is 0 Å². The molecule has 104 valence electrons. The van der Waals surface area contributed by atoms with Crippen LogP contribution in [0, 0.1) is 0 Å². The van der Waals surface area contributed by atoms with E-state index in [-0.39, 0.29) is 5.97 Å². The van der Waals surface area contributed by atoms with Gasteiger partial charge in [0.15, 0.2) is 0 Å². The smallest absolute Gasteiger partial charge is 0.333 e. The Kier molecular flexibility index (Phi) is 3.69.